The second-order valence-corrected chi connectivity index (χ2v) is 5.01. The monoisotopic (exact) mass is 256 g/mol. The smallest absolute Gasteiger partial charge is 0.317 e. The minimum absolute atomic E-state index is 0.0263. The summed E-state index contributed by atoms with van der Waals surface area (Å²) in [6, 6.07) is 0.148. The van der Waals surface area contributed by atoms with E-state index in [2.05, 4.69) is 12.2 Å². The zero-order chi connectivity index (χ0) is 13.5. The maximum Gasteiger partial charge on any atom is 0.317 e. The van der Waals surface area contributed by atoms with Crippen molar-refractivity contribution in [3.63, 3.8) is 0 Å². The third-order valence-electron chi connectivity index (χ3n) is 3.83. The zero-order valence-corrected chi connectivity index (χ0v) is 11.3. The lowest BCUT2D eigenvalue weighted by Crippen LogP contribution is -2.48. The van der Waals surface area contributed by atoms with E-state index < -0.39 is 5.97 Å². The van der Waals surface area contributed by atoms with Crippen LogP contribution in [0.25, 0.3) is 0 Å². The van der Waals surface area contributed by atoms with E-state index in [9.17, 15) is 9.59 Å². The molecule has 18 heavy (non-hydrogen) atoms. The number of aliphatic carboxylic acids is 1. The van der Waals surface area contributed by atoms with E-state index in [-0.39, 0.29) is 19.0 Å². The highest BCUT2D eigenvalue weighted by atomic mass is 16.4. The molecule has 1 aliphatic carbocycles. The Morgan fingerprint density at radius 2 is 2.00 bits per heavy atom. The molecule has 0 aromatic heterocycles. The van der Waals surface area contributed by atoms with Crippen molar-refractivity contribution in [3.05, 3.63) is 0 Å². The average molecular weight is 256 g/mol. The summed E-state index contributed by atoms with van der Waals surface area (Å²) in [5.41, 5.74) is 0. The van der Waals surface area contributed by atoms with E-state index in [1.54, 1.807) is 4.90 Å². The highest BCUT2D eigenvalue weighted by Crippen LogP contribution is 2.29. The third-order valence-corrected chi connectivity index (χ3v) is 3.83. The van der Waals surface area contributed by atoms with Gasteiger partial charge in [0.05, 0.1) is 6.42 Å². The summed E-state index contributed by atoms with van der Waals surface area (Å²) in [5.74, 6) is -0.309. The Labute approximate surface area is 109 Å². The van der Waals surface area contributed by atoms with Crippen molar-refractivity contribution < 1.29 is 14.7 Å². The number of carboxylic acid groups (broad SMARTS) is 1. The Hall–Kier alpha value is -1.26. The first-order valence-electron chi connectivity index (χ1n) is 6.78. The third kappa shape index (κ3) is 4.20. The Morgan fingerprint density at radius 3 is 2.61 bits per heavy atom. The molecule has 2 unspecified atom stereocenters. The lowest BCUT2D eigenvalue weighted by Gasteiger charge is -2.37. The predicted octanol–water partition coefficient (Wildman–Crippen LogP) is 2.07. The maximum atomic E-state index is 11.9. The fraction of sp³-hybridized carbons (Fsp3) is 0.846. The molecule has 0 aromatic carbocycles. The molecule has 2 N–H and O–H groups in total. The van der Waals surface area contributed by atoms with Crippen molar-refractivity contribution in [2.45, 2.75) is 51.5 Å². The predicted molar refractivity (Wildman–Crippen MR) is 69.5 cm³/mol. The van der Waals surface area contributed by atoms with E-state index in [1.165, 1.54) is 19.3 Å². The molecule has 0 bridgehead atoms. The van der Waals surface area contributed by atoms with Crippen LogP contribution in [0.3, 0.4) is 0 Å². The van der Waals surface area contributed by atoms with Gasteiger partial charge in [-0.15, -0.1) is 0 Å². The van der Waals surface area contributed by atoms with Crippen LogP contribution < -0.4 is 5.32 Å². The van der Waals surface area contributed by atoms with E-state index in [4.69, 9.17) is 5.11 Å². The van der Waals surface area contributed by atoms with Gasteiger partial charge in [-0.05, 0) is 18.8 Å². The van der Waals surface area contributed by atoms with Crippen LogP contribution in [0.1, 0.15) is 45.4 Å². The molecule has 0 radical (unpaired) electrons. The Bertz CT molecular complexity index is 294. The number of urea groups is 1. The van der Waals surface area contributed by atoms with Crippen molar-refractivity contribution in [2.24, 2.45) is 5.92 Å². The Morgan fingerprint density at radius 1 is 1.33 bits per heavy atom. The molecule has 0 aromatic rings. The van der Waals surface area contributed by atoms with Crippen molar-refractivity contribution in [2.75, 3.05) is 13.6 Å². The summed E-state index contributed by atoms with van der Waals surface area (Å²) in [6.07, 6.45) is 5.74. The summed E-state index contributed by atoms with van der Waals surface area (Å²) in [4.78, 5) is 24.1. The fourth-order valence-corrected chi connectivity index (χ4v) is 2.73. The van der Waals surface area contributed by atoms with Crippen LogP contribution in [0.2, 0.25) is 0 Å². The van der Waals surface area contributed by atoms with Crippen molar-refractivity contribution in [1.82, 2.24) is 10.2 Å². The van der Waals surface area contributed by atoms with Crippen LogP contribution in [0.15, 0.2) is 0 Å². The molecule has 2 atom stereocenters. The van der Waals surface area contributed by atoms with Gasteiger partial charge in [-0.2, -0.15) is 0 Å². The SMILES string of the molecule is CCC1CCCCC1N(C)C(=O)NCCC(=O)O. The minimum atomic E-state index is -0.887. The van der Waals surface area contributed by atoms with Crippen molar-refractivity contribution >= 4 is 12.0 Å². The van der Waals surface area contributed by atoms with Crippen LogP contribution >= 0.6 is 0 Å². The summed E-state index contributed by atoms with van der Waals surface area (Å²) < 4.78 is 0. The van der Waals surface area contributed by atoms with Gasteiger partial charge in [-0.3, -0.25) is 4.79 Å². The van der Waals surface area contributed by atoms with Crippen LogP contribution in [0.4, 0.5) is 4.79 Å². The number of carbonyl (C=O) groups excluding carboxylic acids is 1. The molecule has 104 valence electrons. The molecule has 1 aliphatic rings. The van der Waals surface area contributed by atoms with Gasteiger partial charge in [-0.1, -0.05) is 26.2 Å². The molecule has 5 heteroatoms. The molecular weight excluding hydrogens is 232 g/mol. The first-order valence-corrected chi connectivity index (χ1v) is 6.78. The molecule has 0 saturated heterocycles. The highest BCUT2D eigenvalue weighted by molar-refractivity contribution is 5.75. The first-order chi connectivity index (χ1) is 8.56. The van der Waals surface area contributed by atoms with Gasteiger partial charge >= 0.3 is 12.0 Å². The molecule has 1 fully saturated rings. The van der Waals surface area contributed by atoms with Gasteiger partial charge in [-0.25, -0.2) is 4.79 Å². The highest BCUT2D eigenvalue weighted by Gasteiger charge is 2.29. The first kappa shape index (κ1) is 14.8. The maximum absolute atomic E-state index is 11.9. The van der Waals surface area contributed by atoms with Crippen LogP contribution in [-0.2, 0) is 4.79 Å². The van der Waals surface area contributed by atoms with Crippen LogP contribution in [-0.4, -0.2) is 41.6 Å². The number of carboxylic acids is 1. The number of amides is 2. The van der Waals surface area contributed by atoms with Gasteiger partial charge in [0.1, 0.15) is 0 Å². The zero-order valence-electron chi connectivity index (χ0n) is 11.3. The van der Waals surface area contributed by atoms with E-state index in [1.807, 2.05) is 7.05 Å². The summed E-state index contributed by atoms with van der Waals surface area (Å²) in [6.45, 7) is 2.36. The van der Waals surface area contributed by atoms with Gasteiger partial charge in [0.15, 0.2) is 0 Å². The number of hydrogen-bond acceptors (Lipinski definition) is 2. The molecule has 0 spiro atoms. The topological polar surface area (TPSA) is 69.6 Å². The van der Waals surface area contributed by atoms with E-state index in [0.29, 0.717) is 12.0 Å². The number of rotatable bonds is 5. The molecule has 1 saturated carbocycles. The summed E-state index contributed by atoms with van der Waals surface area (Å²) in [5, 5.41) is 11.2. The molecule has 2 amide bonds. The minimum Gasteiger partial charge on any atom is -0.481 e. The standard InChI is InChI=1S/C13H24N2O3/c1-3-10-6-4-5-7-11(10)15(2)13(18)14-9-8-12(16)17/h10-11H,3-9H2,1-2H3,(H,14,18)(H,16,17). The van der Waals surface area contributed by atoms with Gasteiger partial charge < -0.3 is 15.3 Å². The van der Waals surface area contributed by atoms with Crippen LogP contribution in [0, 0.1) is 5.92 Å². The van der Waals surface area contributed by atoms with Gasteiger partial charge in [0.25, 0.3) is 0 Å². The summed E-state index contributed by atoms with van der Waals surface area (Å²) in [7, 11) is 1.81. The van der Waals surface area contributed by atoms with Gasteiger partial charge in [0.2, 0.25) is 0 Å². The van der Waals surface area contributed by atoms with Crippen molar-refractivity contribution in [1.29, 1.82) is 0 Å². The van der Waals surface area contributed by atoms with Crippen molar-refractivity contribution in [3.8, 4) is 0 Å². The summed E-state index contributed by atoms with van der Waals surface area (Å²) >= 11 is 0. The number of hydrogen-bond donors (Lipinski definition) is 2. The second-order valence-electron chi connectivity index (χ2n) is 5.01. The lowest BCUT2D eigenvalue weighted by atomic mass is 9.82. The van der Waals surface area contributed by atoms with Gasteiger partial charge in [0, 0.05) is 19.6 Å². The molecule has 0 heterocycles. The quantitative estimate of drug-likeness (QED) is 0.791. The second kappa shape index (κ2) is 7.24. The fourth-order valence-electron chi connectivity index (χ4n) is 2.73. The molecule has 5 nitrogen and oxygen atoms in total. The molecular formula is C13H24N2O3. The molecule has 0 aliphatic heterocycles. The largest absolute Gasteiger partial charge is 0.481 e. The normalized spacial score (nSPS) is 23.4. The number of carbonyl (C=O) groups is 2. The number of nitrogens with zero attached hydrogens (tertiary/aromatic N) is 1. The van der Waals surface area contributed by atoms with E-state index >= 15 is 0 Å². The average Bonchev–Trinajstić information content (AvgIpc) is 2.37. The molecule has 1 rings (SSSR count). The number of nitrogens with one attached hydrogen (secondary N) is 1. The lowest BCUT2D eigenvalue weighted by molar-refractivity contribution is -0.136. The van der Waals surface area contributed by atoms with Crippen LogP contribution in [0.5, 0.6) is 0 Å². The van der Waals surface area contributed by atoms with E-state index in [0.717, 1.165) is 12.8 Å². The Kier molecular flexibility index (Phi) is 5.95. The Balaban J connectivity index is 2.43.